The third-order valence-corrected chi connectivity index (χ3v) is 6.50. The monoisotopic (exact) mass is 459 g/mol. The molecule has 0 saturated carbocycles. The zero-order valence-electron chi connectivity index (χ0n) is 20.7. The molecule has 34 heavy (non-hydrogen) atoms. The van der Waals surface area contributed by atoms with E-state index in [1.54, 1.807) is 7.11 Å². The molecule has 1 saturated heterocycles. The van der Waals surface area contributed by atoms with Crippen molar-refractivity contribution in [2.24, 2.45) is 0 Å². The van der Waals surface area contributed by atoms with Gasteiger partial charge in [-0.05, 0) is 70.0 Å². The first-order valence-corrected chi connectivity index (χ1v) is 12.4. The zero-order chi connectivity index (χ0) is 23.8. The van der Waals surface area contributed by atoms with Gasteiger partial charge in [0.25, 0.3) is 0 Å². The van der Waals surface area contributed by atoms with Gasteiger partial charge >= 0.3 is 0 Å². The van der Waals surface area contributed by atoms with Crippen LogP contribution in [0, 0.1) is 0 Å². The average molecular weight is 460 g/mol. The Kier molecular flexibility index (Phi) is 8.12. The molecule has 0 bridgehead atoms. The molecule has 0 radical (unpaired) electrons. The van der Waals surface area contributed by atoms with E-state index < -0.39 is 0 Å². The van der Waals surface area contributed by atoms with Crippen LogP contribution in [-0.2, 0) is 0 Å². The van der Waals surface area contributed by atoms with Gasteiger partial charge < -0.3 is 14.2 Å². The van der Waals surface area contributed by atoms with Crippen LogP contribution in [0.3, 0.4) is 0 Å². The van der Waals surface area contributed by atoms with Gasteiger partial charge in [-0.1, -0.05) is 54.6 Å². The minimum Gasteiger partial charge on any atom is -0.497 e. The Bertz CT molecular complexity index is 984. The fourth-order valence-corrected chi connectivity index (χ4v) is 4.74. The van der Waals surface area contributed by atoms with E-state index in [2.05, 4.69) is 49.1 Å². The molecular weight excluding hydrogens is 422 g/mol. The molecule has 4 heteroatoms. The topological polar surface area (TPSA) is 30.9 Å². The summed E-state index contributed by atoms with van der Waals surface area (Å²) in [6.45, 7) is 8.51. The quantitative estimate of drug-likeness (QED) is 0.418. The van der Waals surface area contributed by atoms with Gasteiger partial charge in [-0.3, -0.25) is 4.90 Å². The summed E-state index contributed by atoms with van der Waals surface area (Å²) >= 11 is 0. The molecule has 4 nitrogen and oxygen atoms in total. The number of hydrogen-bond acceptors (Lipinski definition) is 4. The largest absolute Gasteiger partial charge is 0.497 e. The van der Waals surface area contributed by atoms with Crippen LogP contribution >= 0.6 is 0 Å². The number of hydrogen-bond donors (Lipinski definition) is 0. The van der Waals surface area contributed by atoms with Crippen LogP contribution in [0.1, 0.15) is 50.2 Å². The molecule has 0 amide bonds. The number of benzene rings is 3. The van der Waals surface area contributed by atoms with Crippen LogP contribution in [-0.4, -0.2) is 43.9 Å². The lowest BCUT2D eigenvalue weighted by molar-refractivity contribution is 0.0771. The number of nitrogens with zero attached hydrogens (tertiary/aromatic N) is 1. The summed E-state index contributed by atoms with van der Waals surface area (Å²) in [4.78, 5) is 2.48. The number of rotatable bonds is 6. The molecular formula is C30H37NO3. The van der Waals surface area contributed by atoms with Gasteiger partial charge in [-0.25, -0.2) is 0 Å². The molecule has 1 fully saturated rings. The number of fused-ring (bicyclic) bond motifs is 1. The Balaban J connectivity index is 0.000000398. The molecule has 1 atom stereocenters. The van der Waals surface area contributed by atoms with E-state index in [1.807, 2.05) is 48.5 Å². The van der Waals surface area contributed by atoms with E-state index in [0.717, 1.165) is 36.8 Å². The lowest BCUT2D eigenvalue weighted by Gasteiger charge is -2.38. The minimum absolute atomic E-state index is 0.213. The fraction of sp³-hybridized carbons (Fsp3) is 0.400. The Morgan fingerprint density at radius 3 is 2.12 bits per heavy atom. The summed E-state index contributed by atoms with van der Waals surface area (Å²) in [6.07, 6.45) is 3.59. The third-order valence-electron chi connectivity index (χ3n) is 6.50. The van der Waals surface area contributed by atoms with E-state index in [1.165, 1.54) is 37.1 Å². The Hall–Kier alpha value is -2.98. The molecule has 3 aromatic rings. The van der Waals surface area contributed by atoms with E-state index in [-0.39, 0.29) is 5.60 Å². The maximum atomic E-state index is 6.23. The first kappa shape index (κ1) is 24.2. The first-order chi connectivity index (χ1) is 16.5. The van der Waals surface area contributed by atoms with Gasteiger partial charge in [0, 0.05) is 24.1 Å². The van der Waals surface area contributed by atoms with Crippen LogP contribution in [0.25, 0.3) is 0 Å². The van der Waals surface area contributed by atoms with Crippen LogP contribution in [0.4, 0.5) is 0 Å². The Labute approximate surface area is 204 Å². The molecule has 0 aromatic heterocycles. The highest BCUT2D eigenvalue weighted by molar-refractivity contribution is 5.49. The van der Waals surface area contributed by atoms with Gasteiger partial charge in [0.15, 0.2) is 0 Å². The average Bonchev–Trinajstić information content (AvgIpc) is 3.38. The van der Waals surface area contributed by atoms with Crippen molar-refractivity contribution < 1.29 is 14.2 Å². The Morgan fingerprint density at radius 2 is 1.50 bits per heavy atom. The van der Waals surface area contributed by atoms with Crippen molar-refractivity contribution >= 4 is 0 Å². The molecule has 0 aliphatic carbocycles. The summed E-state index contributed by atoms with van der Waals surface area (Å²) in [6, 6.07) is 26.8. The number of ether oxygens (including phenoxy) is 3. The third kappa shape index (κ3) is 6.54. The van der Waals surface area contributed by atoms with E-state index in [0.29, 0.717) is 5.92 Å². The smallest absolute Gasteiger partial charge is 0.127 e. The van der Waals surface area contributed by atoms with Gasteiger partial charge in [0.2, 0.25) is 0 Å². The van der Waals surface area contributed by atoms with Gasteiger partial charge in [0.1, 0.15) is 29.5 Å². The second kappa shape index (κ2) is 11.4. The lowest BCUT2D eigenvalue weighted by Crippen LogP contribution is -2.35. The minimum atomic E-state index is -0.213. The van der Waals surface area contributed by atoms with Crippen molar-refractivity contribution in [3.8, 4) is 17.2 Å². The maximum Gasteiger partial charge on any atom is 0.127 e. The van der Waals surface area contributed by atoms with E-state index >= 15 is 0 Å². The van der Waals surface area contributed by atoms with Crippen LogP contribution in [0.15, 0.2) is 78.9 Å². The van der Waals surface area contributed by atoms with Crippen molar-refractivity contribution in [1.29, 1.82) is 0 Å². The standard InChI is InChI=1S/C24H31NO3.C6H6/c1-24(2)17-22(21-11-10-20(26-3)16-23(21)28-24)18-6-8-19(9-7-18)27-15-14-25-12-4-5-13-25;1-2-4-6-5-3-1/h6-11,16,22H,4-5,12-15,17H2,1-3H3;1-6H/t22-;/m1./s1. The molecule has 2 heterocycles. The SMILES string of the molecule is COc1ccc2c(c1)OC(C)(C)C[C@@H]2c1ccc(OCCN2CCCC2)cc1.c1ccccc1. The number of likely N-dealkylation sites (tertiary alicyclic amines) is 1. The van der Waals surface area contributed by atoms with Crippen LogP contribution in [0.2, 0.25) is 0 Å². The van der Waals surface area contributed by atoms with Gasteiger partial charge in [0.05, 0.1) is 7.11 Å². The van der Waals surface area contributed by atoms with Crippen LogP contribution in [0.5, 0.6) is 17.2 Å². The predicted molar refractivity (Wildman–Crippen MR) is 138 cm³/mol. The highest BCUT2D eigenvalue weighted by Crippen LogP contribution is 2.45. The molecule has 180 valence electrons. The predicted octanol–water partition coefficient (Wildman–Crippen LogP) is 6.55. The second-order valence-electron chi connectivity index (χ2n) is 9.64. The van der Waals surface area contributed by atoms with Crippen molar-refractivity contribution in [3.63, 3.8) is 0 Å². The maximum absolute atomic E-state index is 6.23. The first-order valence-electron chi connectivity index (χ1n) is 12.4. The van der Waals surface area contributed by atoms with Crippen LogP contribution < -0.4 is 14.2 Å². The summed E-state index contributed by atoms with van der Waals surface area (Å²) in [7, 11) is 1.69. The molecule has 5 rings (SSSR count). The number of methoxy groups -OCH3 is 1. The molecule has 0 N–H and O–H groups in total. The molecule has 3 aromatic carbocycles. The van der Waals surface area contributed by atoms with Gasteiger partial charge in [-0.15, -0.1) is 0 Å². The second-order valence-corrected chi connectivity index (χ2v) is 9.64. The molecule has 2 aliphatic rings. The Morgan fingerprint density at radius 1 is 0.882 bits per heavy atom. The zero-order valence-corrected chi connectivity index (χ0v) is 20.7. The highest BCUT2D eigenvalue weighted by atomic mass is 16.5. The van der Waals surface area contributed by atoms with Crippen molar-refractivity contribution in [2.75, 3.05) is 33.4 Å². The normalized spacial score (nSPS) is 18.7. The highest BCUT2D eigenvalue weighted by Gasteiger charge is 2.34. The molecule has 0 spiro atoms. The lowest BCUT2D eigenvalue weighted by atomic mass is 9.80. The van der Waals surface area contributed by atoms with Crippen molar-refractivity contribution in [3.05, 3.63) is 90.0 Å². The fourth-order valence-electron chi connectivity index (χ4n) is 4.74. The van der Waals surface area contributed by atoms with Crippen molar-refractivity contribution in [2.45, 2.75) is 44.6 Å². The summed E-state index contributed by atoms with van der Waals surface area (Å²) in [5, 5.41) is 0. The van der Waals surface area contributed by atoms with Crippen molar-refractivity contribution in [1.82, 2.24) is 4.90 Å². The molecule has 2 aliphatic heterocycles. The molecule has 0 unspecified atom stereocenters. The summed E-state index contributed by atoms with van der Waals surface area (Å²) < 4.78 is 17.6. The van der Waals surface area contributed by atoms with E-state index in [9.17, 15) is 0 Å². The summed E-state index contributed by atoms with van der Waals surface area (Å²) in [5.41, 5.74) is 2.31. The van der Waals surface area contributed by atoms with E-state index in [4.69, 9.17) is 14.2 Å². The summed E-state index contributed by atoms with van der Waals surface area (Å²) in [5.74, 6) is 3.01. The van der Waals surface area contributed by atoms with Gasteiger partial charge in [-0.2, -0.15) is 0 Å².